The summed E-state index contributed by atoms with van der Waals surface area (Å²) in [5, 5.41) is 68.5. The number of carbonyl (C=O) groups is 3. The fourth-order valence-corrected chi connectivity index (χ4v) is 19.0. The molecule has 0 spiro atoms. The number of aryl methyl sites for hydroxylation is 2. The molecule has 7 aromatic heterocycles. The largest absolute Gasteiger partial charge is 0.393 e. The maximum absolute atomic E-state index is 13.8. The van der Waals surface area contributed by atoms with Crippen molar-refractivity contribution in [2.45, 2.75) is 132 Å². The number of ketones is 3. The van der Waals surface area contributed by atoms with Gasteiger partial charge in [0.1, 0.15) is 54.5 Å². The van der Waals surface area contributed by atoms with Gasteiger partial charge >= 0.3 is 30.9 Å². The van der Waals surface area contributed by atoms with E-state index < -0.39 is 79.1 Å². The average molecular weight is 1670 g/mol. The van der Waals surface area contributed by atoms with Gasteiger partial charge in [0.15, 0.2) is 5.01 Å². The zero-order chi connectivity index (χ0) is 79.2. The summed E-state index contributed by atoms with van der Waals surface area (Å²) in [5.74, 6) is -0.253. The first-order valence-electron chi connectivity index (χ1n) is 35.9. The summed E-state index contributed by atoms with van der Waals surface area (Å²) in [4.78, 5) is 79.8. The molecule has 39 heteroatoms. The standard InChI is InChI=1S/C28H34N6O6S2.C24H25ClN4O5S2.C21H23N5O6S2/c1-16-20(27-25-17(6-9-39-27)4-5-24(33-25)34-7-2-3-8-34)12-23(41-16)26(36)21-13-30-15-31-28(21)32-19-10-18(22(35)11-19)14-40-42(29,37)38;25-16-3-1-13-2-4-18(19(13)7-16)15-6-22(35-11-15)23(31)20-9-27-12-28-24(20)29-17-5-14(21(30)8-17)10-34-36(26,32)33;22-34(30,31)32-10-13-7-16(19(29)17(13)27)26-20-15(9-23-11-25-20)18(28)21-24-8-14(33-21)6-12-4-2-1-3-5-12/h4-5,12-13,15,18-19,22,27,35H,2-3,6-11,14H2,1H3,(H2,29,37,38)(H,30,31,32);1,3,6-7,9,11-12,14,17-18,21,30H,2,4-5,8,10H2,(H2,26,32,33)(H,27,28,29);1-5,8-9,11,13,16-17,19,27,29H,6-7,10H2,(H2,22,30,31)(H,23,25,26)/t18-,19-,22+,27?;14-,17-,18?,21+;13-,16-,17-,19+/m111/s1. The minimum Gasteiger partial charge on any atom is -0.393 e. The van der Waals surface area contributed by atoms with Gasteiger partial charge in [0.05, 0.1) is 82.9 Å². The monoisotopic (exact) mass is 1670 g/mol. The number of benzene rings is 2. The van der Waals surface area contributed by atoms with Crippen LogP contribution in [0.4, 0.5) is 23.3 Å². The molecule has 2 aromatic carbocycles. The van der Waals surface area contributed by atoms with Gasteiger partial charge in [-0.1, -0.05) is 54.1 Å². The molecule has 15 rings (SSSR count). The predicted octanol–water partition coefficient (Wildman–Crippen LogP) is 6.28. The van der Waals surface area contributed by atoms with Crippen molar-refractivity contribution in [1.29, 1.82) is 0 Å². The molecule has 6 aliphatic rings. The number of hydrogen-bond donors (Lipinski definition) is 10. The summed E-state index contributed by atoms with van der Waals surface area (Å²) in [7, 11) is -12.4. The summed E-state index contributed by atoms with van der Waals surface area (Å²) in [6.45, 7) is 3.78. The van der Waals surface area contributed by atoms with Crippen LogP contribution in [0.2, 0.25) is 5.02 Å². The van der Waals surface area contributed by atoms with Gasteiger partial charge in [0.25, 0.3) is 0 Å². The Bertz CT molecular complexity index is 5240. The molecule has 0 radical (unpaired) electrons. The fourth-order valence-electron chi connectivity index (χ4n) is 14.9. The van der Waals surface area contributed by atoms with Gasteiger partial charge in [0.2, 0.25) is 17.3 Å². The number of thiazole rings is 1. The van der Waals surface area contributed by atoms with Crippen molar-refractivity contribution in [2.75, 3.05) is 60.4 Å². The van der Waals surface area contributed by atoms with Gasteiger partial charge in [0, 0.05) is 100 Å². The molecule has 594 valence electrons. The molecule has 13 N–H and O–H groups in total. The number of fused-ring (bicyclic) bond motifs is 2. The van der Waals surface area contributed by atoms with E-state index in [1.54, 1.807) is 6.20 Å². The van der Waals surface area contributed by atoms with Crippen LogP contribution in [0.25, 0.3) is 0 Å². The summed E-state index contributed by atoms with van der Waals surface area (Å²) >= 11 is 10.3. The normalized spacial score (nSPS) is 23.5. The van der Waals surface area contributed by atoms with Crippen molar-refractivity contribution in [3.8, 4) is 0 Å². The molecule has 0 amide bonds. The van der Waals surface area contributed by atoms with Crippen LogP contribution in [-0.2, 0) is 67.5 Å². The van der Waals surface area contributed by atoms with E-state index in [1.165, 1.54) is 101 Å². The molecule has 4 fully saturated rings. The Morgan fingerprint density at radius 3 is 1.79 bits per heavy atom. The summed E-state index contributed by atoms with van der Waals surface area (Å²) in [6, 6.07) is 22.7. The quantitative estimate of drug-likeness (QED) is 0.0267. The van der Waals surface area contributed by atoms with Crippen molar-refractivity contribution < 1.29 is 77.3 Å². The second-order valence-electron chi connectivity index (χ2n) is 28.2. The molecule has 2 unspecified atom stereocenters. The van der Waals surface area contributed by atoms with E-state index >= 15 is 0 Å². The van der Waals surface area contributed by atoms with Gasteiger partial charge in [-0.05, 0) is 135 Å². The number of aliphatic hydroxyl groups excluding tert-OH is 4. The number of halogens is 1. The number of hydrogen-bond acceptors (Lipinski definition) is 32. The van der Waals surface area contributed by atoms with Crippen molar-refractivity contribution in [2.24, 2.45) is 33.2 Å². The Kier molecular flexibility index (Phi) is 26.0. The minimum absolute atomic E-state index is 0.161. The number of anilines is 4. The SMILES string of the molecule is Cc1sc(C(=O)c2cncnc2N[C@@H]2C[C@H](COS(N)(=O)=O)[C@@H](O)C2)cc1C1OCCc2ccc(N3CCCC3)nc21.NS(=O)(=O)OC[C@H]1C[C@@H](Nc2ncncc2C(=O)c2cc(C3CCc4ccc(Cl)cc43)cs2)C[C@@H]1O.NS(=O)(=O)OC[C@H]1C[C@@H](Nc2ncncc2C(=O)c2ncc(Cc3ccccc3)s2)[C@H](O)[C@@H]1O. The number of carbonyl (C=O) groups excluding carboxylic acids is 3. The Balaban J connectivity index is 0.000000148. The molecule has 9 aromatic rings. The predicted molar refractivity (Wildman–Crippen MR) is 417 cm³/mol. The van der Waals surface area contributed by atoms with E-state index in [2.05, 4.69) is 86.5 Å². The molecule has 12 atom stereocenters. The lowest BCUT2D eigenvalue weighted by Crippen LogP contribution is -2.36. The van der Waals surface area contributed by atoms with Crippen LogP contribution >= 0.6 is 45.6 Å². The van der Waals surface area contributed by atoms with Crippen LogP contribution < -0.4 is 36.3 Å². The molecule has 32 nitrogen and oxygen atoms in total. The fraction of sp³-hybridized carbons (Fsp3) is 0.411. The topological polar surface area (TPSA) is 492 Å². The van der Waals surface area contributed by atoms with Crippen LogP contribution in [0, 0.1) is 24.7 Å². The van der Waals surface area contributed by atoms with Gasteiger partial charge in [-0.25, -0.2) is 55.3 Å². The number of thiophene rings is 2. The number of rotatable bonds is 26. The number of aromatic nitrogens is 8. The van der Waals surface area contributed by atoms with Gasteiger partial charge in [-0.3, -0.25) is 26.9 Å². The third-order valence-corrected chi connectivity index (χ3v) is 25.2. The van der Waals surface area contributed by atoms with Gasteiger partial charge < -0.3 is 46.0 Å². The number of pyridine rings is 1. The first-order valence-corrected chi connectivity index (χ1v) is 43.2. The molecular weight excluding hydrogens is 1590 g/mol. The van der Waals surface area contributed by atoms with E-state index in [0.29, 0.717) is 76.3 Å². The Morgan fingerprint density at radius 1 is 0.616 bits per heavy atom. The van der Waals surface area contributed by atoms with E-state index in [1.807, 2.05) is 66.9 Å². The van der Waals surface area contributed by atoms with Crippen LogP contribution in [-0.4, -0.2) is 185 Å². The first kappa shape index (κ1) is 81.8. The zero-order valence-electron chi connectivity index (χ0n) is 60.2. The molecule has 112 heavy (non-hydrogen) atoms. The number of aliphatic hydroxyl groups is 4. The van der Waals surface area contributed by atoms with E-state index in [9.17, 15) is 60.1 Å². The highest BCUT2D eigenvalue weighted by atomic mass is 35.5. The highest BCUT2D eigenvalue weighted by molar-refractivity contribution is 7.84. The molecule has 9 heterocycles. The highest BCUT2D eigenvalue weighted by Crippen LogP contribution is 2.43. The molecule has 4 aliphatic carbocycles. The number of nitrogens with one attached hydrogen (secondary N) is 3. The van der Waals surface area contributed by atoms with Crippen molar-refractivity contribution in [3.63, 3.8) is 0 Å². The minimum atomic E-state index is -4.18. The summed E-state index contributed by atoms with van der Waals surface area (Å²) < 4.78 is 86.7. The van der Waals surface area contributed by atoms with E-state index in [0.717, 1.165) is 70.3 Å². The van der Waals surface area contributed by atoms with Gasteiger partial charge in [-0.2, -0.15) is 25.3 Å². The third-order valence-electron chi connectivity index (χ3n) is 20.5. The van der Waals surface area contributed by atoms with Gasteiger partial charge in [-0.15, -0.1) is 34.0 Å². The lowest BCUT2D eigenvalue weighted by atomic mass is 9.94. The molecule has 3 saturated carbocycles. The van der Waals surface area contributed by atoms with Crippen molar-refractivity contribution in [1.82, 2.24) is 39.9 Å². The number of nitrogens with two attached hydrogens (primary N) is 3. The average Bonchev–Trinajstić information content (AvgIpc) is 1.60. The number of nitrogens with zero attached hydrogens (tertiary/aromatic N) is 9. The van der Waals surface area contributed by atoms with E-state index in [4.69, 9.17) is 36.7 Å². The van der Waals surface area contributed by atoms with Crippen LogP contribution in [0.15, 0.2) is 122 Å². The summed E-state index contributed by atoms with van der Waals surface area (Å²) in [5.41, 5.74) is 8.51. The molecule has 0 bridgehead atoms. The molecule has 2 aliphatic heterocycles. The highest BCUT2D eigenvalue weighted by Gasteiger charge is 2.44. The zero-order valence-corrected chi connectivity index (χ0v) is 65.8. The van der Waals surface area contributed by atoms with Crippen LogP contribution in [0.3, 0.4) is 0 Å². The smallest absolute Gasteiger partial charge is 0.333 e. The first-order chi connectivity index (χ1) is 53.5. The van der Waals surface area contributed by atoms with E-state index in [-0.39, 0.29) is 84.1 Å². The van der Waals surface area contributed by atoms with Crippen molar-refractivity contribution in [3.05, 3.63) is 207 Å². The number of ether oxygens (including phenoxy) is 1. The second kappa shape index (κ2) is 35.7. The maximum atomic E-state index is 13.8. The molecular formula is C73H82ClN15O17S6. The van der Waals surface area contributed by atoms with Crippen LogP contribution in [0.1, 0.15) is 158 Å². The Morgan fingerprint density at radius 2 is 1.19 bits per heavy atom. The second-order valence-corrected chi connectivity index (χ2v) is 35.6. The summed E-state index contributed by atoms with van der Waals surface area (Å²) in [6.07, 6.45) is 13.0. The van der Waals surface area contributed by atoms with Crippen molar-refractivity contribution >= 4 is 117 Å². The molecule has 1 saturated heterocycles. The van der Waals surface area contributed by atoms with Crippen LogP contribution in [0.5, 0.6) is 0 Å². The third kappa shape index (κ3) is 20.5. The lowest BCUT2D eigenvalue weighted by molar-refractivity contribution is 0.00778. The Labute approximate surface area is 662 Å². The maximum Gasteiger partial charge on any atom is 0.333 e. The Hall–Kier alpha value is -8.23. The lowest BCUT2D eigenvalue weighted by Gasteiger charge is -2.27.